The summed E-state index contributed by atoms with van der Waals surface area (Å²) >= 11 is 0. The van der Waals surface area contributed by atoms with Gasteiger partial charge in [-0.25, -0.2) is 0 Å². The summed E-state index contributed by atoms with van der Waals surface area (Å²) in [5.74, 6) is -0.148. The van der Waals surface area contributed by atoms with Crippen molar-refractivity contribution in [2.24, 2.45) is 5.92 Å². The lowest BCUT2D eigenvalue weighted by molar-refractivity contribution is -0.151. The SMILES string of the molecule is CC(C)N(C(=O)C(C)C1(O)CCNCC1)C1CCCCC1. The Balaban J connectivity index is 2.09. The summed E-state index contributed by atoms with van der Waals surface area (Å²) in [6.45, 7) is 7.74. The zero-order valence-electron chi connectivity index (χ0n) is 13.9. The molecule has 1 aliphatic carbocycles. The van der Waals surface area contributed by atoms with E-state index in [1.54, 1.807) is 0 Å². The van der Waals surface area contributed by atoms with Gasteiger partial charge in [0.05, 0.1) is 11.5 Å². The molecule has 0 radical (unpaired) electrons. The highest BCUT2D eigenvalue weighted by Crippen LogP contribution is 2.32. The average Bonchev–Trinajstić information content (AvgIpc) is 2.48. The first-order valence-corrected chi connectivity index (χ1v) is 8.71. The van der Waals surface area contributed by atoms with Crippen LogP contribution in [0, 0.1) is 5.92 Å². The van der Waals surface area contributed by atoms with E-state index in [1.165, 1.54) is 19.3 Å². The van der Waals surface area contributed by atoms with Crippen LogP contribution in [0.1, 0.15) is 65.7 Å². The van der Waals surface area contributed by atoms with Crippen molar-refractivity contribution in [3.8, 4) is 0 Å². The normalized spacial score (nSPS) is 24.8. The highest BCUT2D eigenvalue weighted by atomic mass is 16.3. The number of piperidine rings is 1. The molecule has 2 aliphatic rings. The maximum absolute atomic E-state index is 13.0. The number of hydrogen-bond acceptors (Lipinski definition) is 3. The predicted octanol–water partition coefficient (Wildman–Crippen LogP) is 2.31. The van der Waals surface area contributed by atoms with Crippen LogP contribution in [0.4, 0.5) is 0 Å². The lowest BCUT2D eigenvalue weighted by atomic mass is 9.79. The molecule has 122 valence electrons. The second kappa shape index (κ2) is 7.10. The van der Waals surface area contributed by atoms with Crippen LogP contribution in [0.5, 0.6) is 0 Å². The van der Waals surface area contributed by atoms with E-state index < -0.39 is 5.60 Å². The van der Waals surface area contributed by atoms with Crippen LogP contribution in [-0.2, 0) is 4.79 Å². The Morgan fingerprint density at radius 2 is 1.71 bits per heavy atom. The molecule has 1 amide bonds. The number of rotatable bonds is 4. The van der Waals surface area contributed by atoms with Crippen molar-refractivity contribution < 1.29 is 9.90 Å². The zero-order chi connectivity index (χ0) is 15.5. The fraction of sp³-hybridized carbons (Fsp3) is 0.941. The first kappa shape index (κ1) is 16.8. The summed E-state index contributed by atoms with van der Waals surface area (Å²) < 4.78 is 0. The van der Waals surface area contributed by atoms with Crippen molar-refractivity contribution >= 4 is 5.91 Å². The first-order valence-electron chi connectivity index (χ1n) is 8.71. The molecule has 0 aromatic carbocycles. The fourth-order valence-electron chi connectivity index (χ4n) is 3.96. The molecule has 4 heteroatoms. The van der Waals surface area contributed by atoms with Gasteiger partial charge in [0.1, 0.15) is 0 Å². The molecule has 2 rings (SSSR count). The predicted molar refractivity (Wildman–Crippen MR) is 85.1 cm³/mol. The van der Waals surface area contributed by atoms with Gasteiger partial charge in [0, 0.05) is 12.1 Å². The molecule has 2 N–H and O–H groups in total. The van der Waals surface area contributed by atoms with E-state index in [0.29, 0.717) is 18.9 Å². The number of nitrogens with zero attached hydrogens (tertiary/aromatic N) is 1. The summed E-state index contributed by atoms with van der Waals surface area (Å²) in [6, 6.07) is 0.590. The monoisotopic (exact) mass is 296 g/mol. The minimum atomic E-state index is -0.829. The quantitative estimate of drug-likeness (QED) is 0.837. The molecule has 1 heterocycles. The smallest absolute Gasteiger partial charge is 0.228 e. The van der Waals surface area contributed by atoms with Crippen molar-refractivity contribution in [2.45, 2.75) is 83.4 Å². The lowest BCUT2D eigenvalue weighted by Crippen LogP contribution is -2.55. The van der Waals surface area contributed by atoms with Gasteiger partial charge in [-0.05, 0) is 52.6 Å². The van der Waals surface area contributed by atoms with Crippen LogP contribution in [0.15, 0.2) is 0 Å². The summed E-state index contributed by atoms with van der Waals surface area (Å²) in [4.78, 5) is 15.1. The van der Waals surface area contributed by atoms with E-state index in [-0.39, 0.29) is 17.9 Å². The first-order chi connectivity index (χ1) is 9.96. The Labute approximate surface area is 129 Å². The van der Waals surface area contributed by atoms with Crippen molar-refractivity contribution in [1.29, 1.82) is 0 Å². The van der Waals surface area contributed by atoms with Crippen LogP contribution in [0.25, 0.3) is 0 Å². The number of amides is 1. The largest absolute Gasteiger partial charge is 0.389 e. The molecule has 1 saturated heterocycles. The highest BCUT2D eigenvalue weighted by molar-refractivity contribution is 5.80. The lowest BCUT2D eigenvalue weighted by Gasteiger charge is -2.43. The molecule has 0 aromatic rings. The van der Waals surface area contributed by atoms with Crippen LogP contribution in [0.2, 0.25) is 0 Å². The van der Waals surface area contributed by atoms with Gasteiger partial charge >= 0.3 is 0 Å². The summed E-state index contributed by atoms with van der Waals surface area (Å²) in [7, 11) is 0. The van der Waals surface area contributed by atoms with Gasteiger partial charge in [0.2, 0.25) is 5.91 Å². The topological polar surface area (TPSA) is 52.6 Å². The summed E-state index contributed by atoms with van der Waals surface area (Å²) in [6.07, 6.45) is 7.34. The van der Waals surface area contributed by atoms with E-state index >= 15 is 0 Å². The Morgan fingerprint density at radius 3 is 2.24 bits per heavy atom. The van der Waals surface area contributed by atoms with E-state index in [2.05, 4.69) is 24.1 Å². The molecule has 1 atom stereocenters. The molecule has 0 spiro atoms. The highest BCUT2D eigenvalue weighted by Gasteiger charge is 2.42. The zero-order valence-corrected chi connectivity index (χ0v) is 13.9. The Bertz CT molecular complexity index is 345. The maximum atomic E-state index is 13.0. The second-order valence-electron chi connectivity index (χ2n) is 7.21. The van der Waals surface area contributed by atoms with Crippen LogP contribution >= 0.6 is 0 Å². The molecule has 2 fully saturated rings. The summed E-state index contributed by atoms with van der Waals surface area (Å²) in [5.41, 5.74) is -0.829. The Morgan fingerprint density at radius 1 is 1.14 bits per heavy atom. The van der Waals surface area contributed by atoms with Crippen molar-refractivity contribution in [1.82, 2.24) is 10.2 Å². The van der Waals surface area contributed by atoms with E-state index in [0.717, 1.165) is 25.9 Å². The Kier molecular flexibility index (Phi) is 5.67. The standard InChI is InChI=1S/C17H32N2O2/c1-13(2)19(15-7-5-4-6-8-15)16(20)14(3)17(21)9-11-18-12-10-17/h13-15,18,21H,4-12H2,1-3H3. The molecule has 4 nitrogen and oxygen atoms in total. The van der Waals surface area contributed by atoms with Crippen molar-refractivity contribution in [3.63, 3.8) is 0 Å². The molecule has 0 bridgehead atoms. The number of aliphatic hydroxyl groups is 1. The minimum Gasteiger partial charge on any atom is -0.389 e. The van der Waals surface area contributed by atoms with Gasteiger partial charge in [-0.2, -0.15) is 0 Å². The van der Waals surface area contributed by atoms with Gasteiger partial charge in [-0.3, -0.25) is 4.79 Å². The van der Waals surface area contributed by atoms with E-state index in [9.17, 15) is 9.90 Å². The van der Waals surface area contributed by atoms with E-state index in [1.807, 2.05) is 6.92 Å². The number of carbonyl (C=O) groups excluding carboxylic acids is 1. The fourth-order valence-corrected chi connectivity index (χ4v) is 3.96. The molecular weight excluding hydrogens is 264 g/mol. The third-order valence-corrected chi connectivity index (χ3v) is 5.42. The number of nitrogens with one attached hydrogen (secondary N) is 1. The van der Waals surface area contributed by atoms with Crippen LogP contribution in [0.3, 0.4) is 0 Å². The number of carbonyl (C=O) groups is 1. The second-order valence-corrected chi connectivity index (χ2v) is 7.21. The van der Waals surface area contributed by atoms with Gasteiger partial charge in [-0.15, -0.1) is 0 Å². The van der Waals surface area contributed by atoms with Crippen LogP contribution < -0.4 is 5.32 Å². The molecule has 1 aliphatic heterocycles. The molecule has 0 aromatic heterocycles. The Hall–Kier alpha value is -0.610. The maximum Gasteiger partial charge on any atom is 0.228 e. The van der Waals surface area contributed by atoms with Gasteiger partial charge in [0.15, 0.2) is 0 Å². The van der Waals surface area contributed by atoms with Crippen LogP contribution in [-0.4, -0.2) is 46.7 Å². The molecular formula is C17H32N2O2. The van der Waals surface area contributed by atoms with E-state index in [4.69, 9.17) is 0 Å². The molecule has 1 unspecified atom stereocenters. The molecule has 21 heavy (non-hydrogen) atoms. The van der Waals surface area contributed by atoms with Crippen molar-refractivity contribution in [2.75, 3.05) is 13.1 Å². The number of hydrogen-bond donors (Lipinski definition) is 2. The third-order valence-electron chi connectivity index (χ3n) is 5.42. The van der Waals surface area contributed by atoms with Gasteiger partial charge in [0.25, 0.3) is 0 Å². The minimum absolute atomic E-state index is 0.154. The molecule has 1 saturated carbocycles. The summed E-state index contributed by atoms with van der Waals surface area (Å²) in [5, 5.41) is 14.1. The average molecular weight is 296 g/mol. The van der Waals surface area contributed by atoms with Gasteiger partial charge < -0.3 is 15.3 Å². The third kappa shape index (κ3) is 3.78. The van der Waals surface area contributed by atoms with Gasteiger partial charge in [-0.1, -0.05) is 26.2 Å². The van der Waals surface area contributed by atoms with Crippen molar-refractivity contribution in [3.05, 3.63) is 0 Å².